The minimum atomic E-state index is 0.501. The standard InChI is InChI=1S/C14H23N/c1-5-12(4)15-14(6-2)13-9-7-11(3)8-10-13/h7-10,12,14-15H,5-6H2,1-4H3/t12-,14-/m1/s1. The molecule has 1 aromatic rings. The summed E-state index contributed by atoms with van der Waals surface area (Å²) in [6.45, 7) is 8.84. The molecule has 0 aromatic heterocycles. The van der Waals surface area contributed by atoms with E-state index in [2.05, 4.69) is 57.3 Å². The van der Waals surface area contributed by atoms with Crippen LogP contribution in [-0.2, 0) is 0 Å². The van der Waals surface area contributed by atoms with Crippen molar-refractivity contribution in [2.75, 3.05) is 0 Å². The van der Waals surface area contributed by atoms with Crippen LogP contribution in [-0.4, -0.2) is 6.04 Å². The summed E-state index contributed by atoms with van der Waals surface area (Å²) in [7, 11) is 0. The molecule has 1 rings (SSSR count). The molecule has 1 N–H and O–H groups in total. The molecule has 0 saturated carbocycles. The third-order valence-corrected chi connectivity index (χ3v) is 2.99. The molecule has 1 nitrogen and oxygen atoms in total. The van der Waals surface area contributed by atoms with Crippen LogP contribution in [0.25, 0.3) is 0 Å². The van der Waals surface area contributed by atoms with E-state index in [0.29, 0.717) is 12.1 Å². The average Bonchev–Trinajstić information content (AvgIpc) is 2.27. The number of hydrogen-bond donors (Lipinski definition) is 1. The van der Waals surface area contributed by atoms with Crippen molar-refractivity contribution in [1.82, 2.24) is 5.32 Å². The lowest BCUT2D eigenvalue weighted by molar-refractivity contribution is 0.437. The molecule has 0 fully saturated rings. The lowest BCUT2D eigenvalue weighted by Gasteiger charge is -2.22. The van der Waals surface area contributed by atoms with Gasteiger partial charge in [0.05, 0.1) is 0 Å². The molecule has 84 valence electrons. The Balaban J connectivity index is 2.69. The van der Waals surface area contributed by atoms with Gasteiger partial charge in [-0.15, -0.1) is 0 Å². The minimum absolute atomic E-state index is 0.501. The summed E-state index contributed by atoms with van der Waals surface area (Å²) in [5.74, 6) is 0. The number of rotatable bonds is 5. The van der Waals surface area contributed by atoms with E-state index >= 15 is 0 Å². The Morgan fingerprint density at radius 1 is 1.07 bits per heavy atom. The van der Waals surface area contributed by atoms with Crippen molar-refractivity contribution in [3.05, 3.63) is 35.4 Å². The first kappa shape index (κ1) is 12.3. The predicted molar refractivity (Wildman–Crippen MR) is 67.1 cm³/mol. The van der Waals surface area contributed by atoms with E-state index in [1.54, 1.807) is 0 Å². The van der Waals surface area contributed by atoms with Crippen LogP contribution in [0.4, 0.5) is 0 Å². The molecule has 0 spiro atoms. The number of benzene rings is 1. The van der Waals surface area contributed by atoms with E-state index < -0.39 is 0 Å². The van der Waals surface area contributed by atoms with Gasteiger partial charge in [0.1, 0.15) is 0 Å². The Morgan fingerprint density at radius 3 is 2.13 bits per heavy atom. The zero-order valence-electron chi connectivity index (χ0n) is 10.4. The third kappa shape index (κ3) is 3.67. The molecule has 0 aliphatic carbocycles. The van der Waals surface area contributed by atoms with Crippen molar-refractivity contribution in [2.24, 2.45) is 0 Å². The van der Waals surface area contributed by atoms with Gasteiger partial charge in [-0.1, -0.05) is 43.7 Å². The average molecular weight is 205 g/mol. The van der Waals surface area contributed by atoms with Crippen molar-refractivity contribution in [3.63, 3.8) is 0 Å². The highest BCUT2D eigenvalue weighted by molar-refractivity contribution is 5.24. The highest BCUT2D eigenvalue weighted by atomic mass is 14.9. The van der Waals surface area contributed by atoms with Gasteiger partial charge in [0.2, 0.25) is 0 Å². The molecule has 1 aromatic carbocycles. The summed E-state index contributed by atoms with van der Waals surface area (Å²) in [4.78, 5) is 0. The van der Waals surface area contributed by atoms with Crippen molar-refractivity contribution in [3.8, 4) is 0 Å². The van der Waals surface area contributed by atoms with Gasteiger partial charge in [0.15, 0.2) is 0 Å². The maximum Gasteiger partial charge on any atom is 0.0319 e. The molecule has 2 atom stereocenters. The van der Waals surface area contributed by atoms with Gasteiger partial charge in [0, 0.05) is 12.1 Å². The van der Waals surface area contributed by atoms with Crippen LogP contribution in [0.15, 0.2) is 24.3 Å². The van der Waals surface area contributed by atoms with Gasteiger partial charge in [-0.2, -0.15) is 0 Å². The lowest BCUT2D eigenvalue weighted by Crippen LogP contribution is -2.29. The number of aryl methyl sites for hydroxylation is 1. The summed E-state index contributed by atoms with van der Waals surface area (Å²) in [6.07, 6.45) is 2.33. The van der Waals surface area contributed by atoms with E-state index in [1.807, 2.05) is 0 Å². The van der Waals surface area contributed by atoms with Crippen molar-refractivity contribution < 1.29 is 0 Å². The quantitative estimate of drug-likeness (QED) is 0.770. The number of nitrogens with one attached hydrogen (secondary N) is 1. The van der Waals surface area contributed by atoms with Gasteiger partial charge in [0.25, 0.3) is 0 Å². The van der Waals surface area contributed by atoms with Crippen LogP contribution in [0.3, 0.4) is 0 Å². The van der Waals surface area contributed by atoms with Gasteiger partial charge in [-0.05, 0) is 32.3 Å². The Labute approximate surface area is 93.9 Å². The zero-order valence-corrected chi connectivity index (χ0v) is 10.4. The minimum Gasteiger partial charge on any atom is -0.307 e. The van der Waals surface area contributed by atoms with Crippen LogP contribution in [0.5, 0.6) is 0 Å². The molecular formula is C14H23N. The van der Waals surface area contributed by atoms with E-state index in [-0.39, 0.29) is 0 Å². The van der Waals surface area contributed by atoms with Crippen molar-refractivity contribution >= 4 is 0 Å². The SMILES string of the molecule is CC[C@@H](C)N[C@H](CC)c1ccc(C)cc1. The van der Waals surface area contributed by atoms with Crippen LogP contribution in [0.1, 0.15) is 50.8 Å². The van der Waals surface area contributed by atoms with Gasteiger partial charge in [-0.25, -0.2) is 0 Å². The first-order chi connectivity index (χ1) is 7.17. The molecule has 0 bridgehead atoms. The second-order valence-electron chi connectivity index (χ2n) is 4.35. The summed E-state index contributed by atoms with van der Waals surface area (Å²) in [6, 6.07) is 9.95. The normalized spacial score (nSPS) is 14.9. The predicted octanol–water partition coefficient (Wildman–Crippen LogP) is 3.83. The largest absolute Gasteiger partial charge is 0.307 e. The highest BCUT2D eigenvalue weighted by Gasteiger charge is 2.10. The third-order valence-electron chi connectivity index (χ3n) is 2.99. The van der Waals surface area contributed by atoms with E-state index in [1.165, 1.54) is 17.5 Å². The maximum atomic E-state index is 3.65. The Hall–Kier alpha value is -0.820. The van der Waals surface area contributed by atoms with Crippen LogP contribution < -0.4 is 5.32 Å². The molecule has 0 amide bonds. The maximum absolute atomic E-state index is 3.65. The summed E-state index contributed by atoms with van der Waals surface area (Å²) >= 11 is 0. The smallest absolute Gasteiger partial charge is 0.0319 e. The molecular weight excluding hydrogens is 182 g/mol. The number of hydrogen-bond acceptors (Lipinski definition) is 1. The topological polar surface area (TPSA) is 12.0 Å². The van der Waals surface area contributed by atoms with E-state index in [9.17, 15) is 0 Å². The molecule has 15 heavy (non-hydrogen) atoms. The molecule has 0 unspecified atom stereocenters. The fraction of sp³-hybridized carbons (Fsp3) is 0.571. The molecule has 1 heteroatoms. The van der Waals surface area contributed by atoms with Crippen LogP contribution in [0.2, 0.25) is 0 Å². The highest BCUT2D eigenvalue weighted by Crippen LogP contribution is 2.18. The van der Waals surface area contributed by atoms with E-state index in [0.717, 1.165) is 6.42 Å². The zero-order chi connectivity index (χ0) is 11.3. The second-order valence-corrected chi connectivity index (χ2v) is 4.35. The molecule has 0 heterocycles. The molecule has 0 aliphatic heterocycles. The van der Waals surface area contributed by atoms with Gasteiger partial charge < -0.3 is 5.32 Å². The van der Waals surface area contributed by atoms with Gasteiger partial charge >= 0.3 is 0 Å². The Morgan fingerprint density at radius 2 is 1.67 bits per heavy atom. The van der Waals surface area contributed by atoms with Gasteiger partial charge in [-0.3, -0.25) is 0 Å². The monoisotopic (exact) mass is 205 g/mol. The Kier molecular flexibility index (Phi) is 4.83. The van der Waals surface area contributed by atoms with Crippen molar-refractivity contribution in [2.45, 2.75) is 52.6 Å². The molecule has 0 radical (unpaired) electrons. The fourth-order valence-electron chi connectivity index (χ4n) is 1.71. The summed E-state index contributed by atoms with van der Waals surface area (Å²) in [5, 5.41) is 3.65. The second kappa shape index (κ2) is 5.92. The van der Waals surface area contributed by atoms with Crippen molar-refractivity contribution in [1.29, 1.82) is 0 Å². The van der Waals surface area contributed by atoms with Crippen LogP contribution >= 0.6 is 0 Å². The lowest BCUT2D eigenvalue weighted by atomic mass is 10.0. The first-order valence-corrected chi connectivity index (χ1v) is 6.00. The molecule has 0 saturated heterocycles. The fourth-order valence-corrected chi connectivity index (χ4v) is 1.71. The first-order valence-electron chi connectivity index (χ1n) is 6.00. The molecule has 0 aliphatic rings. The summed E-state index contributed by atoms with van der Waals surface area (Å²) < 4.78 is 0. The summed E-state index contributed by atoms with van der Waals surface area (Å²) in [5.41, 5.74) is 2.74. The van der Waals surface area contributed by atoms with E-state index in [4.69, 9.17) is 0 Å². The van der Waals surface area contributed by atoms with Crippen LogP contribution in [0, 0.1) is 6.92 Å². The Bertz CT molecular complexity index is 276.